The van der Waals surface area contributed by atoms with Gasteiger partial charge < -0.3 is 10.6 Å². The van der Waals surface area contributed by atoms with Gasteiger partial charge in [0, 0.05) is 31.3 Å². The van der Waals surface area contributed by atoms with Crippen molar-refractivity contribution in [2.45, 2.75) is 39.7 Å². The molecule has 1 atom stereocenters. The van der Waals surface area contributed by atoms with Gasteiger partial charge in [0.15, 0.2) is 0 Å². The molecule has 0 aromatic rings. The van der Waals surface area contributed by atoms with Gasteiger partial charge in [0.25, 0.3) is 0 Å². The van der Waals surface area contributed by atoms with E-state index in [-0.39, 0.29) is 5.91 Å². The van der Waals surface area contributed by atoms with Crippen LogP contribution in [0.3, 0.4) is 0 Å². The Morgan fingerprint density at radius 1 is 1.50 bits per heavy atom. The third-order valence-electron chi connectivity index (χ3n) is 3.24. The lowest BCUT2D eigenvalue weighted by Crippen LogP contribution is -2.47. The normalized spacial score (nSPS) is 24.1. The molecule has 1 aliphatic heterocycles. The SMILES string of the molecule is CCNC(=O)CCNC1CSCCC1(C)C. The lowest BCUT2D eigenvalue weighted by molar-refractivity contribution is -0.120. The van der Waals surface area contributed by atoms with E-state index < -0.39 is 0 Å². The number of carbonyl (C=O) groups is 1. The first-order valence-corrected chi connectivity index (χ1v) is 7.29. The standard InChI is InChI=1S/C12H24N2OS/c1-4-13-11(15)5-7-14-10-9-16-8-6-12(10,2)3/h10,14H,4-9H2,1-3H3,(H,13,15). The Kier molecular flexibility index (Phi) is 5.62. The molecule has 94 valence electrons. The topological polar surface area (TPSA) is 41.1 Å². The van der Waals surface area contributed by atoms with Crippen molar-refractivity contribution in [1.29, 1.82) is 0 Å². The predicted octanol–water partition coefficient (Wildman–Crippen LogP) is 1.63. The van der Waals surface area contributed by atoms with Crippen molar-refractivity contribution in [3.8, 4) is 0 Å². The van der Waals surface area contributed by atoms with Crippen LogP contribution in [0.25, 0.3) is 0 Å². The summed E-state index contributed by atoms with van der Waals surface area (Å²) in [5, 5.41) is 6.34. The maximum Gasteiger partial charge on any atom is 0.221 e. The van der Waals surface area contributed by atoms with Crippen molar-refractivity contribution < 1.29 is 4.79 Å². The molecule has 0 spiro atoms. The first kappa shape index (κ1) is 13.8. The van der Waals surface area contributed by atoms with Crippen LogP contribution in [-0.4, -0.2) is 36.5 Å². The van der Waals surface area contributed by atoms with Crippen molar-refractivity contribution in [1.82, 2.24) is 10.6 Å². The highest BCUT2D eigenvalue weighted by Crippen LogP contribution is 2.33. The van der Waals surface area contributed by atoms with Gasteiger partial charge in [0.1, 0.15) is 0 Å². The van der Waals surface area contributed by atoms with E-state index in [1.807, 2.05) is 18.7 Å². The van der Waals surface area contributed by atoms with Crippen LogP contribution in [0.5, 0.6) is 0 Å². The Bertz CT molecular complexity index is 231. The van der Waals surface area contributed by atoms with E-state index in [0.29, 0.717) is 17.9 Å². The van der Waals surface area contributed by atoms with Crippen LogP contribution in [-0.2, 0) is 4.79 Å². The van der Waals surface area contributed by atoms with E-state index in [1.54, 1.807) is 0 Å². The number of hydrogen-bond donors (Lipinski definition) is 2. The molecule has 0 aromatic carbocycles. The van der Waals surface area contributed by atoms with Crippen LogP contribution in [0.4, 0.5) is 0 Å². The van der Waals surface area contributed by atoms with Gasteiger partial charge in [0.2, 0.25) is 5.91 Å². The summed E-state index contributed by atoms with van der Waals surface area (Å²) in [5.41, 5.74) is 0.368. The molecule has 1 aliphatic rings. The zero-order valence-electron chi connectivity index (χ0n) is 10.6. The number of amides is 1. The van der Waals surface area contributed by atoms with E-state index in [1.165, 1.54) is 17.9 Å². The minimum Gasteiger partial charge on any atom is -0.356 e. The molecule has 2 N–H and O–H groups in total. The molecule has 3 nitrogen and oxygen atoms in total. The molecule has 1 unspecified atom stereocenters. The fourth-order valence-electron chi connectivity index (χ4n) is 1.92. The first-order chi connectivity index (χ1) is 7.56. The summed E-state index contributed by atoms with van der Waals surface area (Å²) in [6.07, 6.45) is 1.85. The lowest BCUT2D eigenvalue weighted by Gasteiger charge is -2.38. The molecule has 4 heteroatoms. The summed E-state index contributed by atoms with van der Waals surface area (Å²) in [6, 6.07) is 0.542. The maximum atomic E-state index is 11.3. The van der Waals surface area contributed by atoms with Crippen LogP contribution < -0.4 is 10.6 Å². The summed E-state index contributed by atoms with van der Waals surface area (Å²) in [4.78, 5) is 11.3. The molecule has 1 fully saturated rings. The van der Waals surface area contributed by atoms with Crippen molar-refractivity contribution in [2.24, 2.45) is 5.41 Å². The number of thioether (sulfide) groups is 1. The second-order valence-electron chi connectivity index (χ2n) is 5.02. The highest BCUT2D eigenvalue weighted by atomic mass is 32.2. The molecular weight excluding hydrogens is 220 g/mol. The summed E-state index contributed by atoms with van der Waals surface area (Å²) >= 11 is 2.01. The molecule has 1 amide bonds. The highest BCUT2D eigenvalue weighted by Gasteiger charge is 2.31. The van der Waals surface area contributed by atoms with Crippen molar-refractivity contribution >= 4 is 17.7 Å². The van der Waals surface area contributed by atoms with Gasteiger partial charge >= 0.3 is 0 Å². The Labute approximate surface area is 103 Å². The van der Waals surface area contributed by atoms with Gasteiger partial charge in [-0.15, -0.1) is 0 Å². The van der Waals surface area contributed by atoms with Gasteiger partial charge in [-0.1, -0.05) is 13.8 Å². The van der Waals surface area contributed by atoms with Crippen molar-refractivity contribution in [2.75, 3.05) is 24.6 Å². The second kappa shape index (κ2) is 6.50. The number of carbonyl (C=O) groups excluding carboxylic acids is 1. The van der Waals surface area contributed by atoms with E-state index in [0.717, 1.165) is 13.1 Å². The Balaban J connectivity index is 2.23. The molecule has 0 bridgehead atoms. The average Bonchev–Trinajstić information content (AvgIpc) is 2.21. The monoisotopic (exact) mass is 244 g/mol. The van der Waals surface area contributed by atoms with Gasteiger partial charge in [-0.2, -0.15) is 11.8 Å². The van der Waals surface area contributed by atoms with Crippen LogP contribution in [0.15, 0.2) is 0 Å². The van der Waals surface area contributed by atoms with Crippen molar-refractivity contribution in [3.05, 3.63) is 0 Å². The fourth-order valence-corrected chi connectivity index (χ4v) is 3.56. The molecule has 16 heavy (non-hydrogen) atoms. The Morgan fingerprint density at radius 2 is 2.25 bits per heavy atom. The molecule has 0 aliphatic carbocycles. The van der Waals surface area contributed by atoms with Crippen LogP contribution in [0.2, 0.25) is 0 Å². The third kappa shape index (κ3) is 4.34. The van der Waals surface area contributed by atoms with Crippen LogP contribution in [0, 0.1) is 5.41 Å². The zero-order chi connectivity index (χ0) is 12.0. The molecule has 0 radical (unpaired) electrons. The first-order valence-electron chi connectivity index (χ1n) is 6.14. The molecule has 1 rings (SSSR count). The summed E-state index contributed by atoms with van der Waals surface area (Å²) < 4.78 is 0. The predicted molar refractivity (Wildman–Crippen MR) is 70.8 cm³/mol. The maximum absolute atomic E-state index is 11.3. The summed E-state index contributed by atoms with van der Waals surface area (Å²) in [5.74, 6) is 2.58. The van der Waals surface area contributed by atoms with E-state index in [9.17, 15) is 4.79 Å². The summed E-state index contributed by atoms with van der Waals surface area (Å²) in [6.45, 7) is 8.10. The lowest BCUT2D eigenvalue weighted by atomic mass is 9.82. The summed E-state index contributed by atoms with van der Waals surface area (Å²) in [7, 11) is 0. The van der Waals surface area contributed by atoms with E-state index in [2.05, 4.69) is 24.5 Å². The van der Waals surface area contributed by atoms with Gasteiger partial charge in [-0.25, -0.2) is 0 Å². The van der Waals surface area contributed by atoms with Gasteiger partial charge in [-0.05, 0) is 24.5 Å². The van der Waals surface area contributed by atoms with Crippen LogP contribution >= 0.6 is 11.8 Å². The fraction of sp³-hybridized carbons (Fsp3) is 0.917. The molecule has 1 saturated heterocycles. The molecule has 1 heterocycles. The quantitative estimate of drug-likeness (QED) is 0.772. The molecular formula is C12H24N2OS. The van der Waals surface area contributed by atoms with Gasteiger partial charge in [0.05, 0.1) is 0 Å². The van der Waals surface area contributed by atoms with Gasteiger partial charge in [-0.3, -0.25) is 4.79 Å². The minimum atomic E-state index is 0.149. The second-order valence-corrected chi connectivity index (χ2v) is 6.17. The molecule has 0 aromatic heterocycles. The average molecular weight is 244 g/mol. The molecule has 0 saturated carbocycles. The minimum absolute atomic E-state index is 0.149. The Morgan fingerprint density at radius 3 is 2.88 bits per heavy atom. The number of rotatable bonds is 5. The van der Waals surface area contributed by atoms with Crippen LogP contribution in [0.1, 0.15) is 33.6 Å². The third-order valence-corrected chi connectivity index (χ3v) is 4.30. The largest absolute Gasteiger partial charge is 0.356 e. The zero-order valence-corrected chi connectivity index (χ0v) is 11.5. The number of nitrogens with one attached hydrogen (secondary N) is 2. The number of hydrogen-bond acceptors (Lipinski definition) is 3. The van der Waals surface area contributed by atoms with E-state index >= 15 is 0 Å². The Hall–Kier alpha value is -0.220. The smallest absolute Gasteiger partial charge is 0.221 e. The van der Waals surface area contributed by atoms with E-state index in [4.69, 9.17) is 0 Å². The highest BCUT2D eigenvalue weighted by molar-refractivity contribution is 7.99. The van der Waals surface area contributed by atoms with Crippen molar-refractivity contribution in [3.63, 3.8) is 0 Å².